The Morgan fingerprint density at radius 3 is 2.56 bits per heavy atom. The van der Waals surface area contributed by atoms with E-state index in [1.165, 1.54) is 0 Å². The van der Waals surface area contributed by atoms with Crippen LogP contribution in [0.15, 0.2) is 29.3 Å². The van der Waals surface area contributed by atoms with Crippen LogP contribution in [-0.4, -0.2) is 32.3 Å². The van der Waals surface area contributed by atoms with Crippen molar-refractivity contribution in [1.82, 2.24) is 0 Å². The maximum absolute atomic E-state index is 5.75. The summed E-state index contributed by atoms with van der Waals surface area (Å²) < 4.78 is 10.4. The summed E-state index contributed by atoms with van der Waals surface area (Å²) in [5.74, 6) is 1.19. The smallest absolute Gasteiger partial charge is 0.193 e. The highest BCUT2D eigenvalue weighted by Gasteiger charge is 1.96. The number of methoxy groups -OCH3 is 1. The Balaban J connectivity index is 2.38. The van der Waals surface area contributed by atoms with Gasteiger partial charge in [0.05, 0.1) is 26.4 Å². The molecule has 0 bridgehead atoms. The molecule has 3 N–H and O–H groups in total. The van der Waals surface area contributed by atoms with Gasteiger partial charge >= 0.3 is 0 Å². The Morgan fingerprint density at radius 2 is 2.00 bits per heavy atom. The highest BCUT2D eigenvalue weighted by Crippen LogP contribution is 2.14. The minimum absolute atomic E-state index is 0.218. The Bertz CT molecular complexity index is 374. The summed E-state index contributed by atoms with van der Waals surface area (Å²) in [5.41, 5.74) is 6.62. The number of rotatable bonds is 6. The lowest BCUT2D eigenvalue weighted by Crippen LogP contribution is -2.23. The van der Waals surface area contributed by atoms with Crippen LogP contribution in [0.25, 0.3) is 0 Å². The number of nitrogens with one attached hydrogen (secondary N) is 1. The molecule has 0 saturated carbocycles. The van der Waals surface area contributed by atoms with Crippen molar-refractivity contribution in [2.75, 3.05) is 25.6 Å². The largest absolute Gasteiger partial charge is 0.497 e. The zero-order chi connectivity index (χ0) is 13.4. The maximum Gasteiger partial charge on any atom is 0.193 e. The van der Waals surface area contributed by atoms with Crippen molar-refractivity contribution in [3.05, 3.63) is 24.3 Å². The van der Waals surface area contributed by atoms with E-state index in [9.17, 15) is 0 Å². The van der Waals surface area contributed by atoms with E-state index in [1.807, 2.05) is 38.1 Å². The number of ether oxygens (including phenoxy) is 2. The van der Waals surface area contributed by atoms with Gasteiger partial charge in [0.25, 0.3) is 0 Å². The topological polar surface area (TPSA) is 68.9 Å². The quantitative estimate of drug-likeness (QED) is 0.460. The van der Waals surface area contributed by atoms with Crippen LogP contribution in [0.1, 0.15) is 13.8 Å². The molecule has 0 aromatic heterocycles. The van der Waals surface area contributed by atoms with Gasteiger partial charge in [-0.1, -0.05) is 0 Å². The first-order valence-electron chi connectivity index (χ1n) is 5.94. The van der Waals surface area contributed by atoms with Crippen molar-refractivity contribution in [3.63, 3.8) is 0 Å². The third-order valence-corrected chi connectivity index (χ3v) is 2.19. The fourth-order valence-electron chi connectivity index (χ4n) is 1.32. The van der Waals surface area contributed by atoms with E-state index in [0.29, 0.717) is 19.1 Å². The van der Waals surface area contributed by atoms with E-state index in [0.717, 1.165) is 11.4 Å². The van der Waals surface area contributed by atoms with Gasteiger partial charge in [-0.2, -0.15) is 0 Å². The molecule has 0 aliphatic carbocycles. The third kappa shape index (κ3) is 5.54. The summed E-state index contributed by atoms with van der Waals surface area (Å²) in [6.07, 6.45) is 0.218. The Hall–Kier alpha value is -1.75. The summed E-state index contributed by atoms with van der Waals surface area (Å²) >= 11 is 0. The fraction of sp³-hybridized carbons (Fsp3) is 0.462. The lowest BCUT2D eigenvalue weighted by Gasteiger charge is -2.08. The van der Waals surface area contributed by atoms with Crippen LogP contribution in [0.4, 0.5) is 5.69 Å². The fourth-order valence-corrected chi connectivity index (χ4v) is 1.32. The van der Waals surface area contributed by atoms with Gasteiger partial charge in [0.1, 0.15) is 5.75 Å². The molecule has 5 heteroatoms. The highest BCUT2D eigenvalue weighted by molar-refractivity contribution is 5.92. The number of anilines is 1. The average Bonchev–Trinajstić information content (AvgIpc) is 2.35. The van der Waals surface area contributed by atoms with Crippen LogP contribution in [0.3, 0.4) is 0 Å². The highest BCUT2D eigenvalue weighted by atomic mass is 16.5. The van der Waals surface area contributed by atoms with E-state index >= 15 is 0 Å². The molecule has 0 aliphatic rings. The molecule has 18 heavy (non-hydrogen) atoms. The second-order valence-corrected chi connectivity index (χ2v) is 4.04. The Morgan fingerprint density at radius 1 is 1.33 bits per heavy atom. The number of guanidine groups is 1. The van der Waals surface area contributed by atoms with Crippen LogP contribution in [0.5, 0.6) is 5.75 Å². The lowest BCUT2D eigenvalue weighted by atomic mass is 10.3. The molecular weight excluding hydrogens is 230 g/mol. The first-order chi connectivity index (χ1) is 8.61. The number of hydrogen-bond donors (Lipinski definition) is 2. The molecule has 0 saturated heterocycles. The van der Waals surface area contributed by atoms with Crippen molar-refractivity contribution in [2.45, 2.75) is 20.0 Å². The van der Waals surface area contributed by atoms with Gasteiger partial charge in [0.15, 0.2) is 5.96 Å². The average molecular weight is 251 g/mol. The van der Waals surface area contributed by atoms with Crippen LogP contribution in [0, 0.1) is 0 Å². The predicted octanol–water partition coefficient (Wildman–Crippen LogP) is 1.85. The normalized spacial score (nSPS) is 11.7. The minimum atomic E-state index is 0.218. The van der Waals surface area contributed by atoms with Crippen molar-refractivity contribution < 1.29 is 9.47 Å². The van der Waals surface area contributed by atoms with Crippen LogP contribution >= 0.6 is 0 Å². The number of hydrogen-bond acceptors (Lipinski definition) is 3. The molecule has 100 valence electrons. The summed E-state index contributed by atoms with van der Waals surface area (Å²) in [7, 11) is 1.63. The van der Waals surface area contributed by atoms with Crippen LogP contribution in [0.2, 0.25) is 0 Å². The SMILES string of the molecule is COc1ccc(NC(N)=NCCOC(C)C)cc1. The van der Waals surface area contributed by atoms with Crippen molar-refractivity contribution in [2.24, 2.45) is 10.7 Å². The summed E-state index contributed by atoms with van der Waals surface area (Å²) in [4.78, 5) is 4.16. The van der Waals surface area contributed by atoms with Crippen LogP contribution in [-0.2, 0) is 4.74 Å². The van der Waals surface area contributed by atoms with Gasteiger partial charge in [-0.3, -0.25) is 4.99 Å². The van der Waals surface area contributed by atoms with E-state index in [-0.39, 0.29) is 6.10 Å². The first kappa shape index (κ1) is 14.3. The van der Waals surface area contributed by atoms with Gasteiger partial charge < -0.3 is 20.5 Å². The summed E-state index contributed by atoms with van der Waals surface area (Å²) in [6.45, 7) is 5.10. The van der Waals surface area contributed by atoms with Crippen molar-refractivity contribution in [3.8, 4) is 5.75 Å². The minimum Gasteiger partial charge on any atom is -0.497 e. The number of nitrogens with two attached hydrogens (primary N) is 1. The molecule has 0 unspecified atom stereocenters. The molecule has 1 aromatic carbocycles. The van der Waals surface area contributed by atoms with Crippen molar-refractivity contribution >= 4 is 11.6 Å². The summed E-state index contributed by atoms with van der Waals surface area (Å²) in [6, 6.07) is 7.48. The predicted molar refractivity (Wildman–Crippen MR) is 74.2 cm³/mol. The summed E-state index contributed by atoms with van der Waals surface area (Å²) in [5, 5.41) is 3.00. The molecule has 0 radical (unpaired) electrons. The van der Waals surface area contributed by atoms with E-state index in [1.54, 1.807) is 7.11 Å². The standard InChI is InChI=1S/C13H21N3O2/c1-10(2)18-9-8-15-13(14)16-11-4-6-12(17-3)7-5-11/h4-7,10H,8-9H2,1-3H3,(H3,14,15,16). The monoisotopic (exact) mass is 251 g/mol. The molecular formula is C13H21N3O2. The van der Waals surface area contributed by atoms with Gasteiger partial charge in [-0.05, 0) is 38.1 Å². The molecule has 0 amide bonds. The number of benzene rings is 1. The van der Waals surface area contributed by atoms with E-state index in [4.69, 9.17) is 15.2 Å². The molecule has 0 fully saturated rings. The third-order valence-electron chi connectivity index (χ3n) is 2.19. The molecule has 0 spiro atoms. The Kier molecular flexibility index (Phi) is 6.00. The molecule has 1 rings (SSSR count). The van der Waals surface area contributed by atoms with Gasteiger partial charge in [-0.15, -0.1) is 0 Å². The first-order valence-corrected chi connectivity index (χ1v) is 5.94. The number of aliphatic imine (C=N–C) groups is 1. The van der Waals surface area contributed by atoms with Gasteiger partial charge in [-0.25, -0.2) is 0 Å². The zero-order valence-electron chi connectivity index (χ0n) is 11.1. The molecule has 0 heterocycles. The van der Waals surface area contributed by atoms with Crippen molar-refractivity contribution in [1.29, 1.82) is 0 Å². The number of nitrogens with zero attached hydrogens (tertiary/aromatic N) is 1. The lowest BCUT2D eigenvalue weighted by molar-refractivity contribution is 0.0853. The van der Waals surface area contributed by atoms with Gasteiger partial charge in [0.2, 0.25) is 0 Å². The molecule has 0 aliphatic heterocycles. The van der Waals surface area contributed by atoms with Gasteiger partial charge in [0, 0.05) is 5.69 Å². The van der Waals surface area contributed by atoms with E-state index < -0.39 is 0 Å². The second kappa shape index (κ2) is 7.55. The Labute approximate surface area is 108 Å². The maximum atomic E-state index is 5.75. The zero-order valence-corrected chi connectivity index (χ0v) is 11.1. The van der Waals surface area contributed by atoms with E-state index in [2.05, 4.69) is 10.3 Å². The van der Waals surface area contributed by atoms with Crippen LogP contribution < -0.4 is 15.8 Å². The second-order valence-electron chi connectivity index (χ2n) is 4.04. The molecule has 1 aromatic rings. The molecule has 0 atom stereocenters. The molecule has 5 nitrogen and oxygen atoms in total.